The first kappa shape index (κ1) is 10.8. The molecule has 1 rings (SSSR count). The Morgan fingerprint density at radius 1 is 1.57 bits per heavy atom. The van der Waals surface area contributed by atoms with Crippen LogP contribution in [-0.4, -0.2) is 13.1 Å². The van der Waals surface area contributed by atoms with Crippen LogP contribution in [-0.2, 0) is 0 Å². The molecule has 0 aliphatic heterocycles. The van der Waals surface area contributed by atoms with Gasteiger partial charge in [0.1, 0.15) is 11.5 Å². The van der Waals surface area contributed by atoms with E-state index < -0.39 is 0 Å². The van der Waals surface area contributed by atoms with Gasteiger partial charge in [-0.3, -0.25) is 5.32 Å². The van der Waals surface area contributed by atoms with E-state index in [-0.39, 0.29) is 6.04 Å². The van der Waals surface area contributed by atoms with Crippen LogP contribution >= 0.6 is 0 Å². The van der Waals surface area contributed by atoms with E-state index in [9.17, 15) is 0 Å². The molecular formula is C11H16N2O. The molecule has 1 aromatic heterocycles. The number of hydrogen-bond donors (Lipinski definition) is 2. The molecule has 1 aromatic rings. The Hall–Kier alpha value is -1.24. The lowest BCUT2D eigenvalue weighted by molar-refractivity contribution is 0.414. The Morgan fingerprint density at radius 2 is 2.36 bits per heavy atom. The van der Waals surface area contributed by atoms with Crippen LogP contribution in [0.25, 0.3) is 0 Å². The van der Waals surface area contributed by atoms with Gasteiger partial charge in [0.25, 0.3) is 0 Å². The van der Waals surface area contributed by atoms with E-state index in [0.717, 1.165) is 11.5 Å². The number of aryl methyl sites for hydroxylation is 1. The van der Waals surface area contributed by atoms with Gasteiger partial charge in [-0.2, -0.15) is 0 Å². The van der Waals surface area contributed by atoms with Crippen LogP contribution in [0.3, 0.4) is 0 Å². The van der Waals surface area contributed by atoms with Crippen LogP contribution in [0, 0.1) is 18.8 Å². The highest BCUT2D eigenvalue weighted by atomic mass is 16.3. The molecule has 3 nitrogen and oxygen atoms in total. The van der Waals surface area contributed by atoms with Crippen molar-refractivity contribution in [2.75, 3.05) is 13.1 Å². The summed E-state index contributed by atoms with van der Waals surface area (Å²) in [5.41, 5.74) is 5.63. The van der Waals surface area contributed by atoms with Gasteiger partial charge in [-0.05, 0) is 26.0 Å². The topological polar surface area (TPSA) is 51.2 Å². The third-order valence-electron chi connectivity index (χ3n) is 1.95. The molecule has 0 aliphatic carbocycles. The van der Waals surface area contributed by atoms with Crippen molar-refractivity contribution in [3.63, 3.8) is 0 Å². The molecule has 0 saturated heterocycles. The molecule has 0 aromatic carbocycles. The largest absolute Gasteiger partial charge is 0.465 e. The van der Waals surface area contributed by atoms with Crippen LogP contribution in [0.2, 0.25) is 0 Å². The quantitative estimate of drug-likeness (QED) is 0.705. The first-order chi connectivity index (χ1) is 6.77. The smallest absolute Gasteiger partial charge is 0.122 e. The predicted molar refractivity (Wildman–Crippen MR) is 56.7 cm³/mol. The minimum atomic E-state index is 0.0598. The zero-order valence-electron chi connectivity index (χ0n) is 8.63. The SMILES string of the molecule is CC#CCNC(CN)c1ccc(C)o1. The summed E-state index contributed by atoms with van der Waals surface area (Å²) in [6.45, 7) is 4.88. The predicted octanol–water partition coefficient (Wildman–Crippen LogP) is 1.20. The molecule has 14 heavy (non-hydrogen) atoms. The summed E-state index contributed by atoms with van der Waals surface area (Å²) in [6.07, 6.45) is 0. The molecule has 0 saturated carbocycles. The fourth-order valence-corrected chi connectivity index (χ4v) is 1.20. The monoisotopic (exact) mass is 192 g/mol. The molecule has 0 radical (unpaired) electrons. The van der Waals surface area contributed by atoms with Gasteiger partial charge in [0.05, 0.1) is 12.6 Å². The van der Waals surface area contributed by atoms with E-state index in [1.165, 1.54) is 0 Å². The zero-order valence-corrected chi connectivity index (χ0v) is 8.63. The molecule has 1 unspecified atom stereocenters. The third kappa shape index (κ3) is 2.91. The van der Waals surface area contributed by atoms with Crippen LogP contribution in [0.4, 0.5) is 0 Å². The molecule has 3 N–H and O–H groups in total. The average molecular weight is 192 g/mol. The first-order valence-electron chi connectivity index (χ1n) is 4.67. The van der Waals surface area contributed by atoms with E-state index in [1.54, 1.807) is 0 Å². The fraction of sp³-hybridized carbons (Fsp3) is 0.455. The lowest BCUT2D eigenvalue weighted by atomic mass is 10.2. The van der Waals surface area contributed by atoms with Gasteiger partial charge in [-0.25, -0.2) is 0 Å². The molecule has 1 heterocycles. The van der Waals surface area contributed by atoms with Gasteiger partial charge >= 0.3 is 0 Å². The first-order valence-corrected chi connectivity index (χ1v) is 4.67. The summed E-state index contributed by atoms with van der Waals surface area (Å²) in [6, 6.07) is 3.94. The summed E-state index contributed by atoms with van der Waals surface area (Å²) in [5.74, 6) is 7.53. The van der Waals surface area contributed by atoms with Crippen molar-refractivity contribution in [2.45, 2.75) is 19.9 Å². The molecule has 0 fully saturated rings. The van der Waals surface area contributed by atoms with Crippen LogP contribution in [0.5, 0.6) is 0 Å². The van der Waals surface area contributed by atoms with Crippen molar-refractivity contribution in [3.05, 3.63) is 23.7 Å². The zero-order chi connectivity index (χ0) is 10.4. The Morgan fingerprint density at radius 3 is 2.86 bits per heavy atom. The summed E-state index contributed by atoms with van der Waals surface area (Å²) in [7, 11) is 0. The maximum Gasteiger partial charge on any atom is 0.122 e. The van der Waals surface area contributed by atoms with Crippen molar-refractivity contribution in [1.82, 2.24) is 5.32 Å². The second-order valence-electron chi connectivity index (χ2n) is 3.04. The van der Waals surface area contributed by atoms with Crippen LogP contribution in [0.15, 0.2) is 16.5 Å². The number of nitrogens with two attached hydrogens (primary N) is 1. The van der Waals surface area contributed by atoms with E-state index in [4.69, 9.17) is 10.2 Å². The minimum Gasteiger partial charge on any atom is -0.465 e. The molecule has 76 valence electrons. The van der Waals surface area contributed by atoms with E-state index in [1.807, 2.05) is 26.0 Å². The molecule has 0 spiro atoms. The number of furan rings is 1. The standard InChI is InChI=1S/C11H16N2O/c1-3-4-7-13-10(8-12)11-6-5-9(2)14-11/h5-6,10,13H,7-8,12H2,1-2H3. The van der Waals surface area contributed by atoms with Gasteiger partial charge in [-0.15, -0.1) is 5.92 Å². The molecule has 3 heteroatoms. The molecule has 0 amide bonds. The number of hydrogen-bond acceptors (Lipinski definition) is 3. The maximum atomic E-state index is 5.63. The second kappa shape index (κ2) is 5.48. The molecule has 0 aliphatic rings. The van der Waals surface area contributed by atoms with Crippen LogP contribution < -0.4 is 11.1 Å². The number of nitrogens with one attached hydrogen (secondary N) is 1. The van der Waals surface area contributed by atoms with Crippen LogP contribution in [0.1, 0.15) is 24.5 Å². The highest BCUT2D eigenvalue weighted by Crippen LogP contribution is 2.14. The van der Waals surface area contributed by atoms with Gasteiger partial charge < -0.3 is 10.2 Å². The van der Waals surface area contributed by atoms with E-state index >= 15 is 0 Å². The second-order valence-corrected chi connectivity index (χ2v) is 3.04. The van der Waals surface area contributed by atoms with Crippen molar-refractivity contribution in [1.29, 1.82) is 0 Å². The van der Waals surface area contributed by atoms with Crippen molar-refractivity contribution in [3.8, 4) is 11.8 Å². The normalized spacial score (nSPS) is 11.9. The Balaban J connectivity index is 2.56. The summed E-state index contributed by atoms with van der Waals surface area (Å²) in [4.78, 5) is 0. The maximum absolute atomic E-state index is 5.63. The Bertz CT molecular complexity index is 333. The van der Waals surface area contributed by atoms with Gasteiger partial charge in [0, 0.05) is 6.54 Å². The Kier molecular flexibility index (Phi) is 4.24. The number of rotatable bonds is 4. The minimum absolute atomic E-state index is 0.0598. The molecular weight excluding hydrogens is 176 g/mol. The summed E-state index contributed by atoms with van der Waals surface area (Å²) in [5, 5.41) is 3.21. The summed E-state index contributed by atoms with van der Waals surface area (Å²) < 4.78 is 5.48. The molecule has 1 atom stereocenters. The third-order valence-corrected chi connectivity index (χ3v) is 1.95. The van der Waals surface area contributed by atoms with Crippen molar-refractivity contribution >= 4 is 0 Å². The van der Waals surface area contributed by atoms with E-state index in [0.29, 0.717) is 13.1 Å². The van der Waals surface area contributed by atoms with Crippen molar-refractivity contribution in [2.24, 2.45) is 5.73 Å². The highest BCUT2D eigenvalue weighted by molar-refractivity contribution is 5.11. The molecule has 0 bridgehead atoms. The Labute approximate surface area is 84.7 Å². The van der Waals surface area contributed by atoms with E-state index in [2.05, 4.69) is 17.2 Å². The fourth-order valence-electron chi connectivity index (χ4n) is 1.20. The van der Waals surface area contributed by atoms with Crippen molar-refractivity contribution < 1.29 is 4.42 Å². The van der Waals surface area contributed by atoms with Gasteiger partial charge in [0.15, 0.2) is 0 Å². The van der Waals surface area contributed by atoms with Gasteiger partial charge in [0.2, 0.25) is 0 Å². The average Bonchev–Trinajstić information content (AvgIpc) is 2.60. The lowest BCUT2D eigenvalue weighted by Gasteiger charge is -2.11. The summed E-state index contributed by atoms with van der Waals surface area (Å²) >= 11 is 0. The highest BCUT2D eigenvalue weighted by Gasteiger charge is 2.11. The lowest BCUT2D eigenvalue weighted by Crippen LogP contribution is -2.28. The van der Waals surface area contributed by atoms with Gasteiger partial charge in [-0.1, -0.05) is 5.92 Å².